The van der Waals surface area contributed by atoms with Crippen LogP contribution >= 0.6 is 0 Å². The van der Waals surface area contributed by atoms with Crippen molar-refractivity contribution in [1.29, 1.82) is 0 Å². The van der Waals surface area contributed by atoms with Gasteiger partial charge in [0.15, 0.2) is 0 Å². The SMILES string of the molecule is CC(N)[C@H]1CC[C@H]2[C@@H]3CCC4CC(O)CC[C@]4(C)[C@H]3CC[C@]12C. The molecular weight excluding hydrogens is 282 g/mol. The van der Waals surface area contributed by atoms with Crippen molar-refractivity contribution in [1.82, 2.24) is 0 Å². The Hall–Kier alpha value is -0.0800. The van der Waals surface area contributed by atoms with Crippen LogP contribution in [0, 0.1) is 40.4 Å². The highest BCUT2D eigenvalue weighted by molar-refractivity contribution is 5.10. The summed E-state index contributed by atoms with van der Waals surface area (Å²) in [7, 11) is 0. The van der Waals surface area contributed by atoms with Gasteiger partial charge in [-0.05, 0) is 105 Å². The molecule has 3 unspecified atom stereocenters. The lowest BCUT2D eigenvalue weighted by Crippen LogP contribution is -2.54. The first kappa shape index (κ1) is 16.4. The summed E-state index contributed by atoms with van der Waals surface area (Å²) in [6, 6.07) is 0.360. The van der Waals surface area contributed by atoms with Gasteiger partial charge >= 0.3 is 0 Å². The van der Waals surface area contributed by atoms with Crippen LogP contribution in [0.4, 0.5) is 0 Å². The first-order valence-corrected chi connectivity index (χ1v) is 10.3. The fraction of sp³-hybridized carbons (Fsp3) is 1.00. The van der Waals surface area contributed by atoms with Crippen molar-refractivity contribution in [2.75, 3.05) is 0 Å². The van der Waals surface area contributed by atoms with Gasteiger partial charge < -0.3 is 10.8 Å². The van der Waals surface area contributed by atoms with Crippen molar-refractivity contribution in [2.24, 2.45) is 46.2 Å². The molecule has 0 bridgehead atoms. The number of aliphatic hydroxyl groups is 1. The summed E-state index contributed by atoms with van der Waals surface area (Å²) in [6.07, 6.45) is 11.7. The Bertz CT molecular complexity index is 463. The van der Waals surface area contributed by atoms with E-state index in [2.05, 4.69) is 20.8 Å². The van der Waals surface area contributed by atoms with E-state index < -0.39 is 0 Å². The summed E-state index contributed by atoms with van der Waals surface area (Å²) in [6.45, 7) is 7.40. The lowest BCUT2D eigenvalue weighted by molar-refractivity contribution is -0.127. The molecule has 9 atom stereocenters. The summed E-state index contributed by atoms with van der Waals surface area (Å²) in [5.74, 6) is 4.30. The molecule has 2 heteroatoms. The van der Waals surface area contributed by atoms with Crippen molar-refractivity contribution in [2.45, 2.75) is 90.7 Å². The Balaban J connectivity index is 1.60. The average Bonchev–Trinajstić information content (AvgIpc) is 2.85. The van der Waals surface area contributed by atoms with Gasteiger partial charge in [0.25, 0.3) is 0 Å². The van der Waals surface area contributed by atoms with E-state index in [1.165, 1.54) is 44.9 Å². The second kappa shape index (κ2) is 5.46. The molecule has 4 rings (SSSR count). The van der Waals surface area contributed by atoms with Gasteiger partial charge in [0, 0.05) is 6.04 Å². The van der Waals surface area contributed by atoms with Gasteiger partial charge in [0.05, 0.1) is 6.10 Å². The Morgan fingerprint density at radius 3 is 2.35 bits per heavy atom. The van der Waals surface area contributed by atoms with E-state index in [0.29, 0.717) is 16.9 Å². The molecular formula is C21H37NO. The van der Waals surface area contributed by atoms with Crippen LogP contribution < -0.4 is 5.73 Å². The molecule has 0 saturated heterocycles. The van der Waals surface area contributed by atoms with E-state index >= 15 is 0 Å². The van der Waals surface area contributed by atoms with E-state index in [-0.39, 0.29) is 6.10 Å². The topological polar surface area (TPSA) is 46.2 Å². The summed E-state index contributed by atoms with van der Waals surface area (Å²) < 4.78 is 0. The molecule has 0 amide bonds. The number of nitrogens with two attached hydrogens (primary N) is 1. The number of aliphatic hydroxyl groups excluding tert-OH is 1. The summed E-state index contributed by atoms with van der Waals surface area (Å²) in [5, 5.41) is 10.1. The maximum absolute atomic E-state index is 10.1. The minimum Gasteiger partial charge on any atom is -0.393 e. The van der Waals surface area contributed by atoms with E-state index in [9.17, 15) is 5.11 Å². The van der Waals surface area contributed by atoms with Crippen LogP contribution in [0.1, 0.15) is 78.6 Å². The second-order valence-corrected chi connectivity index (χ2v) is 10.2. The monoisotopic (exact) mass is 319 g/mol. The zero-order chi connectivity index (χ0) is 16.4. The molecule has 4 saturated carbocycles. The summed E-state index contributed by atoms with van der Waals surface area (Å²) >= 11 is 0. The van der Waals surface area contributed by atoms with Crippen LogP contribution in [0.2, 0.25) is 0 Å². The van der Waals surface area contributed by atoms with Gasteiger partial charge in [-0.15, -0.1) is 0 Å². The second-order valence-electron chi connectivity index (χ2n) is 10.2. The minimum atomic E-state index is -0.0209. The Labute approximate surface area is 142 Å². The molecule has 0 aromatic heterocycles. The van der Waals surface area contributed by atoms with Crippen molar-refractivity contribution in [3.05, 3.63) is 0 Å². The van der Waals surface area contributed by atoms with Gasteiger partial charge in [-0.3, -0.25) is 0 Å². The van der Waals surface area contributed by atoms with Crippen molar-refractivity contribution in [3.8, 4) is 0 Å². The van der Waals surface area contributed by atoms with Gasteiger partial charge in [0.1, 0.15) is 0 Å². The van der Waals surface area contributed by atoms with Crippen molar-refractivity contribution >= 4 is 0 Å². The van der Waals surface area contributed by atoms with Crippen LogP contribution in [0.3, 0.4) is 0 Å². The molecule has 2 nitrogen and oxygen atoms in total. The van der Waals surface area contributed by atoms with Crippen LogP contribution in [0.25, 0.3) is 0 Å². The fourth-order valence-electron chi connectivity index (χ4n) is 8.14. The smallest absolute Gasteiger partial charge is 0.0543 e. The summed E-state index contributed by atoms with van der Waals surface area (Å²) in [5.41, 5.74) is 7.39. The lowest BCUT2D eigenvalue weighted by Gasteiger charge is -2.61. The predicted molar refractivity (Wildman–Crippen MR) is 94.9 cm³/mol. The largest absolute Gasteiger partial charge is 0.393 e. The average molecular weight is 320 g/mol. The standard InChI is InChI=1S/C21H37NO/c1-13(22)17-6-7-18-16-5-4-14-12-15(23)8-10-20(14,2)19(16)9-11-21(17,18)3/h13-19,23H,4-12,22H2,1-3H3/t13?,14?,15?,16-,17+,18-,19-,20-,21+/m0/s1. The van der Waals surface area contributed by atoms with Gasteiger partial charge in [-0.2, -0.15) is 0 Å². The molecule has 132 valence electrons. The van der Waals surface area contributed by atoms with E-state index in [1.807, 2.05) is 0 Å². The molecule has 0 heterocycles. The zero-order valence-electron chi connectivity index (χ0n) is 15.4. The lowest BCUT2D eigenvalue weighted by atomic mass is 9.44. The van der Waals surface area contributed by atoms with Crippen LogP contribution in [0.5, 0.6) is 0 Å². The maximum Gasteiger partial charge on any atom is 0.0543 e. The fourth-order valence-corrected chi connectivity index (χ4v) is 8.14. The van der Waals surface area contributed by atoms with E-state index in [1.54, 1.807) is 0 Å². The summed E-state index contributed by atoms with van der Waals surface area (Å²) in [4.78, 5) is 0. The molecule has 0 aromatic rings. The Morgan fingerprint density at radius 1 is 0.913 bits per heavy atom. The van der Waals surface area contributed by atoms with E-state index in [0.717, 1.165) is 42.4 Å². The third-order valence-corrected chi connectivity index (χ3v) is 9.35. The van der Waals surface area contributed by atoms with Gasteiger partial charge in [-0.1, -0.05) is 13.8 Å². The molecule has 0 aromatic carbocycles. The normalized spacial score (nSPS) is 57.3. The molecule has 4 aliphatic rings. The highest BCUT2D eigenvalue weighted by atomic mass is 16.3. The van der Waals surface area contributed by atoms with Gasteiger partial charge in [-0.25, -0.2) is 0 Å². The highest BCUT2D eigenvalue weighted by Gasteiger charge is 2.60. The van der Waals surface area contributed by atoms with Crippen molar-refractivity contribution < 1.29 is 5.11 Å². The van der Waals surface area contributed by atoms with Crippen LogP contribution in [-0.4, -0.2) is 17.3 Å². The molecule has 0 aliphatic heterocycles. The maximum atomic E-state index is 10.1. The van der Waals surface area contributed by atoms with Crippen molar-refractivity contribution in [3.63, 3.8) is 0 Å². The third-order valence-electron chi connectivity index (χ3n) is 9.35. The third kappa shape index (κ3) is 2.27. The molecule has 4 fully saturated rings. The zero-order valence-corrected chi connectivity index (χ0v) is 15.4. The highest BCUT2D eigenvalue weighted by Crippen LogP contribution is 2.67. The molecule has 23 heavy (non-hydrogen) atoms. The number of rotatable bonds is 1. The van der Waals surface area contributed by atoms with Crippen LogP contribution in [-0.2, 0) is 0 Å². The van der Waals surface area contributed by atoms with Gasteiger partial charge in [0.2, 0.25) is 0 Å². The predicted octanol–water partition coefficient (Wildman–Crippen LogP) is 4.35. The number of hydrogen-bond donors (Lipinski definition) is 2. The quantitative estimate of drug-likeness (QED) is 0.754. The number of fused-ring (bicyclic) bond motifs is 5. The first-order chi connectivity index (χ1) is 10.9. The Morgan fingerprint density at radius 2 is 1.61 bits per heavy atom. The molecule has 0 radical (unpaired) electrons. The van der Waals surface area contributed by atoms with Crippen LogP contribution in [0.15, 0.2) is 0 Å². The van der Waals surface area contributed by atoms with E-state index in [4.69, 9.17) is 5.73 Å². The number of hydrogen-bond acceptors (Lipinski definition) is 2. The Kier molecular flexibility index (Phi) is 3.89. The molecule has 0 spiro atoms. The first-order valence-electron chi connectivity index (χ1n) is 10.3. The minimum absolute atomic E-state index is 0.0209. The molecule has 3 N–H and O–H groups in total. The molecule has 4 aliphatic carbocycles.